The predicted octanol–water partition coefficient (Wildman–Crippen LogP) is 3.12. The molecule has 2 aliphatic heterocycles. The zero-order valence-corrected chi connectivity index (χ0v) is 14.2. The van der Waals surface area contributed by atoms with E-state index in [2.05, 4.69) is 9.88 Å². The lowest BCUT2D eigenvalue weighted by Crippen LogP contribution is -2.44. The van der Waals surface area contributed by atoms with E-state index >= 15 is 0 Å². The van der Waals surface area contributed by atoms with Crippen LogP contribution in [0.3, 0.4) is 0 Å². The molecular formula is C18H19ClN2O3. The van der Waals surface area contributed by atoms with Crippen molar-refractivity contribution in [3.8, 4) is 0 Å². The first-order valence-electron chi connectivity index (χ1n) is 8.12. The zero-order valence-electron chi connectivity index (χ0n) is 13.5. The van der Waals surface area contributed by atoms with Gasteiger partial charge in [-0.3, -0.25) is 9.78 Å². The molecule has 2 fully saturated rings. The number of nitrogens with zero attached hydrogens (tertiary/aromatic N) is 2. The van der Waals surface area contributed by atoms with Gasteiger partial charge in [-0.25, -0.2) is 0 Å². The lowest BCUT2D eigenvalue weighted by molar-refractivity contribution is -0.157. The van der Waals surface area contributed by atoms with Gasteiger partial charge in [-0.05, 0) is 37.1 Å². The molecule has 1 aromatic heterocycles. The second kappa shape index (κ2) is 5.60. The highest BCUT2D eigenvalue weighted by atomic mass is 35.5. The first kappa shape index (κ1) is 15.7. The molecule has 0 unspecified atom stereocenters. The normalized spacial score (nSPS) is 26.6. The van der Waals surface area contributed by atoms with Crippen LogP contribution in [0.5, 0.6) is 0 Å². The number of fused-ring (bicyclic) bond motifs is 2. The zero-order chi connectivity index (χ0) is 16.9. The Morgan fingerprint density at radius 2 is 2.33 bits per heavy atom. The van der Waals surface area contributed by atoms with Gasteiger partial charge in [0.25, 0.3) is 0 Å². The Labute approximate surface area is 145 Å². The van der Waals surface area contributed by atoms with Crippen LogP contribution in [-0.4, -0.2) is 42.4 Å². The summed E-state index contributed by atoms with van der Waals surface area (Å²) in [6, 6.07) is 5.76. The van der Waals surface area contributed by atoms with E-state index in [-0.39, 0.29) is 5.92 Å². The van der Waals surface area contributed by atoms with Gasteiger partial charge in [0.1, 0.15) is 0 Å². The van der Waals surface area contributed by atoms with Crippen LogP contribution < -0.4 is 4.90 Å². The summed E-state index contributed by atoms with van der Waals surface area (Å²) in [6.07, 6.45) is 2.34. The molecule has 4 rings (SSSR count). The third kappa shape index (κ3) is 2.26. The quantitative estimate of drug-likeness (QED) is 0.905. The van der Waals surface area contributed by atoms with E-state index in [1.54, 1.807) is 6.20 Å². The van der Waals surface area contributed by atoms with Crippen LogP contribution >= 0.6 is 11.6 Å². The summed E-state index contributed by atoms with van der Waals surface area (Å²) in [4.78, 5) is 18.6. The van der Waals surface area contributed by atoms with Crippen LogP contribution in [0, 0.1) is 18.3 Å². The third-order valence-electron chi connectivity index (χ3n) is 5.45. The second-order valence-corrected chi connectivity index (χ2v) is 7.25. The maximum Gasteiger partial charge on any atom is 0.311 e. The van der Waals surface area contributed by atoms with Crippen LogP contribution in [-0.2, 0) is 9.53 Å². The number of carboxylic acid groups (broad SMARTS) is 1. The molecule has 2 saturated heterocycles. The van der Waals surface area contributed by atoms with Crippen LogP contribution in [0.2, 0.25) is 5.02 Å². The number of benzene rings is 1. The van der Waals surface area contributed by atoms with Gasteiger partial charge in [-0.1, -0.05) is 11.6 Å². The van der Waals surface area contributed by atoms with Crippen molar-refractivity contribution in [2.24, 2.45) is 11.3 Å². The predicted molar refractivity (Wildman–Crippen MR) is 92.7 cm³/mol. The lowest BCUT2D eigenvalue weighted by atomic mass is 9.74. The summed E-state index contributed by atoms with van der Waals surface area (Å²) in [5.41, 5.74) is 2.21. The van der Waals surface area contributed by atoms with E-state index in [0.717, 1.165) is 22.2 Å². The fourth-order valence-electron chi connectivity index (χ4n) is 4.13. The molecule has 2 aliphatic rings. The highest BCUT2D eigenvalue weighted by Crippen LogP contribution is 2.45. The number of aryl methyl sites for hydroxylation is 1. The van der Waals surface area contributed by atoms with Crippen molar-refractivity contribution in [2.45, 2.75) is 13.3 Å². The summed E-state index contributed by atoms with van der Waals surface area (Å²) < 4.78 is 5.55. The second-order valence-electron chi connectivity index (χ2n) is 6.81. The number of rotatable bonds is 2. The summed E-state index contributed by atoms with van der Waals surface area (Å²) in [7, 11) is 0. The molecule has 0 spiro atoms. The monoisotopic (exact) mass is 346 g/mol. The number of ether oxygens (including phenoxy) is 1. The number of halogens is 1. The minimum atomic E-state index is -0.721. The number of carboxylic acids is 1. The minimum Gasteiger partial charge on any atom is -0.481 e. The fraction of sp³-hybridized carbons (Fsp3) is 0.444. The number of aliphatic carboxylic acids is 1. The summed E-state index contributed by atoms with van der Waals surface area (Å²) in [6.45, 7) is 4.18. The van der Waals surface area contributed by atoms with E-state index < -0.39 is 11.4 Å². The Morgan fingerprint density at radius 3 is 3.08 bits per heavy atom. The van der Waals surface area contributed by atoms with Gasteiger partial charge >= 0.3 is 5.97 Å². The molecule has 2 aromatic rings. The van der Waals surface area contributed by atoms with Crippen molar-refractivity contribution in [1.82, 2.24) is 4.98 Å². The smallest absolute Gasteiger partial charge is 0.311 e. The van der Waals surface area contributed by atoms with Crippen molar-refractivity contribution >= 4 is 34.2 Å². The lowest BCUT2D eigenvalue weighted by Gasteiger charge is -2.34. The molecule has 0 saturated carbocycles. The first-order valence-corrected chi connectivity index (χ1v) is 8.50. The van der Waals surface area contributed by atoms with Gasteiger partial charge in [0.2, 0.25) is 0 Å². The fourth-order valence-corrected chi connectivity index (χ4v) is 4.41. The maximum atomic E-state index is 12.0. The average molecular weight is 347 g/mol. The Hall–Kier alpha value is -1.85. The van der Waals surface area contributed by atoms with E-state index in [4.69, 9.17) is 16.3 Å². The largest absolute Gasteiger partial charge is 0.481 e. The molecule has 5 nitrogen and oxygen atoms in total. The Balaban J connectivity index is 1.80. The maximum absolute atomic E-state index is 12.0. The van der Waals surface area contributed by atoms with Gasteiger partial charge < -0.3 is 14.7 Å². The van der Waals surface area contributed by atoms with Crippen LogP contribution in [0.25, 0.3) is 10.9 Å². The molecule has 0 aliphatic carbocycles. The van der Waals surface area contributed by atoms with Gasteiger partial charge in [0.05, 0.1) is 17.5 Å². The Kier molecular flexibility index (Phi) is 3.66. The van der Waals surface area contributed by atoms with Crippen LogP contribution in [0.1, 0.15) is 12.0 Å². The van der Waals surface area contributed by atoms with Crippen molar-refractivity contribution in [2.75, 3.05) is 31.2 Å². The molecular weight excluding hydrogens is 328 g/mol. The van der Waals surface area contributed by atoms with E-state index in [9.17, 15) is 9.90 Å². The number of aromatic nitrogens is 1. The number of anilines is 1. The highest BCUT2D eigenvalue weighted by Gasteiger charge is 2.54. The van der Waals surface area contributed by atoms with E-state index in [1.807, 2.05) is 25.1 Å². The van der Waals surface area contributed by atoms with Gasteiger partial charge in [0.15, 0.2) is 0 Å². The Morgan fingerprint density at radius 1 is 1.50 bits per heavy atom. The molecule has 0 amide bonds. The van der Waals surface area contributed by atoms with Gasteiger partial charge in [0, 0.05) is 47.9 Å². The standard InChI is InChI=1S/C18H19ClN2O3/c1-11-6-13(19)7-14-15(2-4-20-16(11)14)21-8-12-9-24-5-3-18(12,10-21)17(22)23/h2,4,6-7,12H,3,5,8-10H2,1H3,(H,22,23)/t12-,18+/m1/s1. The summed E-state index contributed by atoms with van der Waals surface area (Å²) in [5.74, 6) is -0.710. The SMILES string of the molecule is Cc1cc(Cl)cc2c(N3C[C@@H]4COCC[C@]4(C(=O)O)C3)ccnc12. The number of hydrogen-bond acceptors (Lipinski definition) is 4. The van der Waals surface area contributed by atoms with Crippen molar-refractivity contribution in [3.05, 3.63) is 35.0 Å². The molecule has 1 N–H and O–H groups in total. The molecule has 0 bridgehead atoms. The molecule has 6 heteroatoms. The molecule has 126 valence electrons. The van der Waals surface area contributed by atoms with Crippen LogP contribution in [0.4, 0.5) is 5.69 Å². The summed E-state index contributed by atoms with van der Waals surface area (Å²) in [5, 5.41) is 11.5. The van der Waals surface area contributed by atoms with Crippen molar-refractivity contribution in [1.29, 1.82) is 0 Å². The topological polar surface area (TPSA) is 62.7 Å². The van der Waals surface area contributed by atoms with E-state index in [1.165, 1.54) is 0 Å². The molecule has 1 aromatic carbocycles. The molecule has 0 radical (unpaired) electrons. The summed E-state index contributed by atoms with van der Waals surface area (Å²) >= 11 is 6.24. The number of hydrogen-bond donors (Lipinski definition) is 1. The molecule has 3 heterocycles. The first-order chi connectivity index (χ1) is 11.5. The van der Waals surface area contributed by atoms with Crippen molar-refractivity contribution < 1.29 is 14.6 Å². The minimum absolute atomic E-state index is 0.00671. The van der Waals surface area contributed by atoms with Crippen LogP contribution in [0.15, 0.2) is 24.4 Å². The van der Waals surface area contributed by atoms with Gasteiger partial charge in [-0.15, -0.1) is 0 Å². The number of pyridine rings is 1. The number of carbonyl (C=O) groups is 1. The molecule has 24 heavy (non-hydrogen) atoms. The Bertz CT molecular complexity index is 825. The molecule has 2 atom stereocenters. The van der Waals surface area contributed by atoms with Gasteiger partial charge in [-0.2, -0.15) is 0 Å². The average Bonchev–Trinajstić information content (AvgIpc) is 2.95. The van der Waals surface area contributed by atoms with E-state index in [0.29, 0.717) is 37.7 Å². The van der Waals surface area contributed by atoms with Crippen molar-refractivity contribution in [3.63, 3.8) is 0 Å². The highest BCUT2D eigenvalue weighted by molar-refractivity contribution is 6.31. The third-order valence-corrected chi connectivity index (χ3v) is 5.67.